The van der Waals surface area contributed by atoms with Gasteiger partial charge >= 0.3 is 0 Å². The second-order valence-corrected chi connectivity index (χ2v) is 9.35. The first-order valence-electron chi connectivity index (χ1n) is 9.55. The van der Waals surface area contributed by atoms with Gasteiger partial charge in [0, 0.05) is 23.9 Å². The number of hydrogen-bond acceptors (Lipinski definition) is 8. The van der Waals surface area contributed by atoms with E-state index in [-0.39, 0.29) is 15.8 Å². The molecule has 0 amide bonds. The van der Waals surface area contributed by atoms with Crippen molar-refractivity contribution in [1.29, 1.82) is 0 Å². The van der Waals surface area contributed by atoms with Crippen LogP contribution in [0.3, 0.4) is 0 Å². The van der Waals surface area contributed by atoms with Gasteiger partial charge in [0.1, 0.15) is 11.6 Å². The third-order valence-electron chi connectivity index (χ3n) is 4.97. The van der Waals surface area contributed by atoms with Crippen LogP contribution in [0, 0.1) is 6.92 Å². The van der Waals surface area contributed by atoms with Crippen LogP contribution in [-0.4, -0.2) is 52.1 Å². The summed E-state index contributed by atoms with van der Waals surface area (Å²) in [5.41, 5.74) is 0.845. The molecule has 9 nitrogen and oxygen atoms in total. The van der Waals surface area contributed by atoms with Crippen LogP contribution in [-0.2, 0) is 9.84 Å². The van der Waals surface area contributed by atoms with E-state index in [1.807, 2.05) is 6.92 Å². The number of aliphatic hydroxyl groups excluding tert-OH is 2. The molecule has 0 spiro atoms. The maximum Gasteiger partial charge on any atom is 0.206 e. The predicted molar refractivity (Wildman–Crippen MR) is 111 cm³/mol. The van der Waals surface area contributed by atoms with Crippen molar-refractivity contribution in [2.24, 2.45) is 0 Å². The first-order valence-corrected chi connectivity index (χ1v) is 11.0. The average molecular weight is 430 g/mol. The fourth-order valence-corrected chi connectivity index (χ4v) is 4.79. The van der Waals surface area contributed by atoms with Gasteiger partial charge in [-0.1, -0.05) is 18.2 Å². The van der Waals surface area contributed by atoms with E-state index in [1.165, 1.54) is 24.3 Å². The van der Waals surface area contributed by atoms with Crippen molar-refractivity contribution in [3.05, 3.63) is 54.2 Å². The average Bonchev–Trinajstić information content (AvgIpc) is 3.26. The summed E-state index contributed by atoms with van der Waals surface area (Å²) < 4.78 is 26.3. The van der Waals surface area contributed by atoms with Crippen molar-refractivity contribution in [2.45, 2.75) is 47.8 Å². The Morgan fingerprint density at radius 3 is 2.27 bits per heavy atom. The molecule has 5 N–H and O–H groups in total. The van der Waals surface area contributed by atoms with Gasteiger partial charge in [-0.05, 0) is 38.0 Å². The number of hydrogen-bond donors (Lipinski definition) is 5. The number of aromatic nitrogens is 3. The Morgan fingerprint density at radius 2 is 1.63 bits per heavy atom. The van der Waals surface area contributed by atoms with Gasteiger partial charge in [-0.15, -0.1) is 0 Å². The number of nitrogens with one attached hydrogen (secondary N) is 3. The lowest BCUT2D eigenvalue weighted by Crippen LogP contribution is -2.18. The van der Waals surface area contributed by atoms with E-state index in [1.54, 1.807) is 24.3 Å². The van der Waals surface area contributed by atoms with E-state index >= 15 is 0 Å². The monoisotopic (exact) mass is 429 g/mol. The summed E-state index contributed by atoms with van der Waals surface area (Å²) in [6, 6.07) is 12.6. The van der Waals surface area contributed by atoms with Gasteiger partial charge in [0.2, 0.25) is 9.84 Å². The standard InChI is InChI=1S/C20H23N5O4S/c1-12-7-20(25-24-12)23-19-11-15(30(28,29)14-5-3-2-4-6-14)10-18(22-19)21-13-8-16(26)17(27)9-13/h2-7,10-11,13,16-17,26-27H,8-9H2,1H3,(H3,21,22,23,24,25)/t13-,16-,17+. The van der Waals surface area contributed by atoms with Gasteiger partial charge in [-0.2, -0.15) is 5.10 Å². The molecule has 0 bridgehead atoms. The number of pyridine rings is 1. The molecule has 3 atom stereocenters. The highest BCUT2D eigenvalue weighted by atomic mass is 32.2. The van der Waals surface area contributed by atoms with Crippen molar-refractivity contribution in [3.63, 3.8) is 0 Å². The highest BCUT2D eigenvalue weighted by Crippen LogP contribution is 2.29. The van der Waals surface area contributed by atoms with Gasteiger partial charge in [0.15, 0.2) is 5.82 Å². The summed E-state index contributed by atoms with van der Waals surface area (Å²) in [5.74, 6) is 1.14. The van der Waals surface area contributed by atoms with Crippen molar-refractivity contribution in [2.75, 3.05) is 10.6 Å². The molecule has 158 valence electrons. The third-order valence-corrected chi connectivity index (χ3v) is 6.72. The molecule has 0 saturated heterocycles. The Morgan fingerprint density at radius 1 is 0.967 bits per heavy atom. The normalized spacial score (nSPS) is 21.5. The smallest absolute Gasteiger partial charge is 0.206 e. The lowest BCUT2D eigenvalue weighted by atomic mass is 10.2. The largest absolute Gasteiger partial charge is 0.390 e. The minimum absolute atomic E-state index is 0.0695. The van der Waals surface area contributed by atoms with E-state index in [2.05, 4.69) is 25.8 Å². The zero-order valence-corrected chi connectivity index (χ0v) is 17.1. The van der Waals surface area contributed by atoms with Crippen molar-refractivity contribution >= 4 is 27.3 Å². The van der Waals surface area contributed by atoms with Crippen molar-refractivity contribution in [1.82, 2.24) is 15.2 Å². The van der Waals surface area contributed by atoms with E-state index in [0.29, 0.717) is 30.3 Å². The molecule has 2 heterocycles. The number of aliphatic hydroxyl groups is 2. The van der Waals surface area contributed by atoms with E-state index < -0.39 is 22.0 Å². The molecule has 4 rings (SSSR count). The summed E-state index contributed by atoms with van der Waals surface area (Å²) in [4.78, 5) is 4.70. The summed E-state index contributed by atoms with van der Waals surface area (Å²) in [6.07, 6.45) is -0.939. The fraction of sp³-hybridized carbons (Fsp3) is 0.300. The van der Waals surface area contributed by atoms with Crippen LogP contribution in [0.15, 0.2) is 58.3 Å². The van der Waals surface area contributed by atoms with Crippen LogP contribution in [0.25, 0.3) is 0 Å². The number of rotatable bonds is 6. The third kappa shape index (κ3) is 4.30. The molecule has 10 heteroatoms. The van der Waals surface area contributed by atoms with Crippen LogP contribution in [0.5, 0.6) is 0 Å². The fourth-order valence-electron chi connectivity index (χ4n) is 3.47. The molecule has 1 fully saturated rings. The summed E-state index contributed by atoms with van der Waals surface area (Å²) >= 11 is 0. The Labute approximate surface area is 174 Å². The molecule has 1 aromatic carbocycles. The minimum Gasteiger partial charge on any atom is -0.390 e. The molecular formula is C20H23N5O4S. The van der Waals surface area contributed by atoms with Crippen LogP contribution >= 0.6 is 0 Å². The van der Waals surface area contributed by atoms with Gasteiger partial charge in [-0.3, -0.25) is 5.10 Å². The minimum atomic E-state index is -3.77. The maximum absolute atomic E-state index is 13.2. The summed E-state index contributed by atoms with van der Waals surface area (Å²) in [7, 11) is -3.77. The van der Waals surface area contributed by atoms with Gasteiger partial charge in [0.25, 0.3) is 0 Å². The van der Waals surface area contributed by atoms with Gasteiger partial charge in [0.05, 0.1) is 22.0 Å². The Balaban J connectivity index is 1.70. The number of sulfone groups is 1. The van der Waals surface area contributed by atoms with E-state index in [0.717, 1.165) is 5.69 Å². The lowest BCUT2D eigenvalue weighted by Gasteiger charge is -2.16. The molecule has 0 radical (unpaired) electrons. The first-order chi connectivity index (χ1) is 14.3. The zero-order valence-electron chi connectivity index (χ0n) is 16.3. The zero-order chi connectivity index (χ0) is 21.3. The second-order valence-electron chi connectivity index (χ2n) is 7.40. The highest BCUT2D eigenvalue weighted by molar-refractivity contribution is 7.91. The Bertz CT molecular complexity index is 1120. The molecule has 0 aliphatic heterocycles. The number of benzene rings is 1. The van der Waals surface area contributed by atoms with E-state index in [9.17, 15) is 18.6 Å². The molecule has 3 aromatic rings. The highest BCUT2D eigenvalue weighted by Gasteiger charge is 2.32. The topological polar surface area (TPSA) is 140 Å². The Hall–Kier alpha value is -2.95. The van der Waals surface area contributed by atoms with Crippen LogP contribution in [0.4, 0.5) is 17.5 Å². The van der Waals surface area contributed by atoms with E-state index in [4.69, 9.17) is 0 Å². The van der Waals surface area contributed by atoms with Crippen molar-refractivity contribution in [3.8, 4) is 0 Å². The number of aromatic amines is 1. The lowest BCUT2D eigenvalue weighted by molar-refractivity contribution is 0.0438. The number of H-pyrrole nitrogens is 1. The molecule has 30 heavy (non-hydrogen) atoms. The molecular weight excluding hydrogens is 406 g/mol. The molecule has 2 aromatic heterocycles. The molecule has 1 aliphatic carbocycles. The van der Waals surface area contributed by atoms with Crippen LogP contribution < -0.4 is 10.6 Å². The maximum atomic E-state index is 13.2. The summed E-state index contributed by atoms with van der Waals surface area (Å²) in [6.45, 7) is 1.85. The first kappa shape index (κ1) is 20.3. The van der Waals surface area contributed by atoms with Gasteiger partial charge in [-0.25, -0.2) is 13.4 Å². The SMILES string of the molecule is Cc1cc(Nc2cc(S(=O)(=O)c3ccccc3)cc(N[C@@H]3C[C@@H](O)[C@@H](O)C3)n2)n[nH]1. The predicted octanol–water partition coefficient (Wildman–Crippen LogP) is 1.99. The quantitative estimate of drug-likeness (QED) is 0.401. The van der Waals surface area contributed by atoms with Crippen LogP contribution in [0.1, 0.15) is 18.5 Å². The molecule has 1 saturated carbocycles. The molecule has 0 unspecified atom stereocenters. The number of aryl methyl sites for hydroxylation is 1. The van der Waals surface area contributed by atoms with Crippen LogP contribution in [0.2, 0.25) is 0 Å². The summed E-state index contributed by atoms with van der Waals surface area (Å²) in [5, 5.41) is 32.7. The number of nitrogens with zero attached hydrogens (tertiary/aromatic N) is 2. The molecule has 1 aliphatic rings. The Kier molecular flexibility index (Phi) is 5.46. The van der Waals surface area contributed by atoms with Crippen molar-refractivity contribution < 1.29 is 18.6 Å². The van der Waals surface area contributed by atoms with Gasteiger partial charge < -0.3 is 20.8 Å². The number of anilines is 3. The second kappa shape index (κ2) is 8.05.